The van der Waals surface area contributed by atoms with E-state index in [0.29, 0.717) is 21.7 Å². The number of aliphatic hydroxyl groups is 1. The molecular weight excluding hydrogens is 318 g/mol. The van der Waals surface area contributed by atoms with E-state index < -0.39 is 6.10 Å². The van der Waals surface area contributed by atoms with Gasteiger partial charge in [0.25, 0.3) is 5.56 Å². The molecule has 0 aliphatic rings. The minimum Gasteiger partial charge on any atom is -0.491 e. The lowest BCUT2D eigenvalue weighted by atomic mass is 10.2. The van der Waals surface area contributed by atoms with Crippen molar-refractivity contribution >= 4 is 22.5 Å². The number of hydrogen-bond donors (Lipinski definition) is 1. The van der Waals surface area contributed by atoms with Crippen molar-refractivity contribution in [2.45, 2.75) is 12.6 Å². The van der Waals surface area contributed by atoms with Crippen LogP contribution < -0.4 is 10.3 Å². The minimum absolute atomic E-state index is 0.00422. The molecule has 0 saturated carbocycles. The molecule has 0 aliphatic heterocycles. The molecule has 0 amide bonds. The fourth-order valence-electron chi connectivity index (χ4n) is 2.12. The molecule has 2 aromatic carbocycles. The molecule has 3 aromatic rings. The molecule has 7 heteroatoms. The van der Waals surface area contributed by atoms with Gasteiger partial charge in [-0.15, -0.1) is 5.10 Å². The number of aromatic nitrogens is 3. The first kappa shape index (κ1) is 15.5. The Labute approximate surface area is 136 Å². The lowest BCUT2D eigenvalue weighted by Crippen LogP contribution is -2.32. The van der Waals surface area contributed by atoms with Crippen LogP contribution in [0.3, 0.4) is 0 Å². The molecular formula is C16H14ClN3O3. The van der Waals surface area contributed by atoms with Crippen LogP contribution in [0.5, 0.6) is 5.75 Å². The minimum atomic E-state index is -0.890. The molecule has 0 fully saturated rings. The Morgan fingerprint density at radius 2 is 1.91 bits per heavy atom. The predicted molar refractivity (Wildman–Crippen MR) is 86.8 cm³/mol. The van der Waals surface area contributed by atoms with Crippen molar-refractivity contribution in [3.63, 3.8) is 0 Å². The topological polar surface area (TPSA) is 77.2 Å². The Morgan fingerprint density at radius 3 is 2.70 bits per heavy atom. The maximum atomic E-state index is 12.3. The molecule has 0 radical (unpaired) electrons. The molecule has 23 heavy (non-hydrogen) atoms. The number of benzene rings is 2. The number of halogens is 1. The van der Waals surface area contributed by atoms with Gasteiger partial charge in [-0.2, -0.15) is 0 Å². The van der Waals surface area contributed by atoms with Crippen molar-refractivity contribution in [2.75, 3.05) is 6.61 Å². The summed E-state index contributed by atoms with van der Waals surface area (Å²) in [5.41, 5.74) is 0.238. The maximum absolute atomic E-state index is 12.3. The zero-order chi connectivity index (χ0) is 16.2. The summed E-state index contributed by atoms with van der Waals surface area (Å²) in [4.78, 5) is 12.3. The molecule has 1 N–H and O–H groups in total. The summed E-state index contributed by atoms with van der Waals surface area (Å²) in [5.74, 6) is 0.588. The van der Waals surface area contributed by atoms with E-state index in [2.05, 4.69) is 10.3 Å². The summed E-state index contributed by atoms with van der Waals surface area (Å²) in [6, 6.07) is 13.7. The van der Waals surface area contributed by atoms with Crippen molar-refractivity contribution in [1.82, 2.24) is 15.0 Å². The first-order valence-electron chi connectivity index (χ1n) is 7.02. The quantitative estimate of drug-likeness (QED) is 0.772. The van der Waals surface area contributed by atoms with E-state index in [9.17, 15) is 9.90 Å². The third-order valence-electron chi connectivity index (χ3n) is 3.27. The van der Waals surface area contributed by atoms with Crippen molar-refractivity contribution in [1.29, 1.82) is 0 Å². The van der Waals surface area contributed by atoms with Gasteiger partial charge in [0, 0.05) is 5.02 Å². The Bertz CT molecular complexity index is 864. The van der Waals surface area contributed by atoms with Gasteiger partial charge in [0.15, 0.2) is 0 Å². The van der Waals surface area contributed by atoms with Gasteiger partial charge < -0.3 is 9.84 Å². The molecule has 3 rings (SSSR count). The normalized spacial score (nSPS) is 12.3. The van der Waals surface area contributed by atoms with Crippen molar-refractivity contribution in [2.24, 2.45) is 0 Å². The first-order chi connectivity index (χ1) is 11.1. The van der Waals surface area contributed by atoms with E-state index >= 15 is 0 Å². The van der Waals surface area contributed by atoms with Crippen LogP contribution in [0.2, 0.25) is 5.02 Å². The van der Waals surface area contributed by atoms with Gasteiger partial charge in [0.05, 0.1) is 11.9 Å². The van der Waals surface area contributed by atoms with Crippen LogP contribution in [-0.4, -0.2) is 32.8 Å². The van der Waals surface area contributed by atoms with Gasteiger partial charge in [0.2, 0.25) is 0 Å². The summed E-state index contributed by atoms with van der Waals surface area (Å²) in [7, 11) is 0. The van der Waals surface area contributed by atoms with Gasteiger partial charge in [0.1, 0.15) is 24.0 Å². The molecule has 0 aliphatic carbocycles. The largest absolute Gasteiger partial charge is 0.491 e. The summed E-state index contributed by atoms with van der Waals surface area (Å²) in [5, 5.41) is 18.9. The Morgan fingerprint density at radius 1 is 1.17 bits per heavy atom. The molecule has 6 nitrogen and oxygen atoms in total. The monoisotopic (exact) mass is 331 g/mol. The molecule has 0 bridgehead atoms. The fraction of sp³-hybridized carbons (Fsp3) is 0.188. The highest BCUT2D eigenvalue weighted by atomic mass is 35.5. The van der Waals surface area contributed by atoms with Crippen LogP contribution in [0.4, 0.5) is 0 Å². The molecule has 1 atom stereocenters. The van der Waals surface area contributed by atoms with E-state index in [1.54, 1.807) is 48.5 Å². The maximum Gasteiger partial charge on any atom is 0.277 e. The lowest BCUT2D eigenvalue weighted by Gasteiger charge is -2.13. The molecule has 0 saturated heterocycles. The first-order valence-corrected chi connectivity index (χ1v) is 7.40. The lowest BCUT2D eigenvalue weighted by molar-refractivity contribution is 0.0873. The number of aliphatic hydroxyl groups excluding tert-OH is 1. The highest BCUT2D eigenvalue weighted by Crippen LogP contribution is 2.15. The highest BCUT2D eigenvalue weighted by molar-refractivity contribution is 6.30. The zero-order valence-electron chi connectivity index (χ0n) is 12.1. The molecule has 0 unspecified atom stereocenters. The van der Waals surface area contributed by atoms with Crippen LogP contribution in [0.1, 0.15) is 0 Å². The van der Waals surface area contributed by atoms with E-state index in [-0.39, 0.29) is 18.7 Å². The summed E-state index contributed by atoms with van der Waals surface area (Å²) >= 11 is 5.79. The molecule has 1 heterocycles. The van der Waals surface area contributed by atoms with Crippen LogP contribution >= 0.6 is 11.6 Å². The van der Waals surface area contributed by atoms with E-state index in [0.717, 1.165) is 4.68 Å². The Kier molecular flexibility index (Phi) is 4.55. The molecule has 1 aromatic heterocycles. The molecule has 0 spiro atoms. The SMILES string of the molecule is O=c1c2ccccc2nnn1C[C@H](O)COc1ccc(Cl)cc1. The Hall–Kier alpha value is -2.44. The second-order valence-corrected chi connectivity index (χ2v) is 5.45. The second kappa shape index (κ2) is 6.76. The average molecular weight is 332 g/mol. The Balaban J connectivity index is 1.68. The third-order valence-corrected chi connectivity index (χ3v) is 3.52. The van der Waals surface area contributed by atoms with Crippen molar-refractivity contribution in [3.05, 3.63) is 63.9 Å². The number of hydrogen-bond acceptors (Lipinski definition) is 5. The van der Waals surface area contributed by atoms with Gasteiger partial charge in [-0.25, -0.2) is 4.68 Å². The number of rotatable bonds is 5. The second-order valence-electron chi connectivity index (χ2n) is 5.01. The van der Waals surface area contributed by atoms with Gasteiger partial charge in [-0.1, -0.05) is 28.9 Å². The highest BCUT2D eigenvalue weighted by Gasteiger charge is 2.11. The van der Waals surface area contributed by atoms with Gasteiger partial charge in [-0.3, -0.25) is 4.79 Å². The number of fused-ring (bicyclic) bond motifs is 1. The van der Waals surface area contributed by atoms with Crippen molar-refractivity contribution in [3.8, 4) is 5.75 Å². The summed E-state index contributed by atoms with van der Waals surface area (Å²) < 4.78 is 6.59. The van der Waals surface area contributed by atoms with Crippen LogP contribution in [0.25, 0.3) is 10.9 Å². The number of nitrogens with zero attached hydrogens (tertiary/aromatic N) is 3. The summed E-state index contributed by atoms with van der Waals surface area (Å²) in [6.07, 6.45) is -0.890. The average Bonchev–Trinajstić information content (AvgIpc) is 2.57. The van der Waals surface area contributed by atoms with Gasteiger partial charge in [-0.05, 0) is 36.4 Å². The van der Waals surface area contributed by atoms with E-state index in [1.807, 2.05) is 0 Å². The molecule has 118 valence electrons. The van der Waals surface area contributed by atoms with Crippen LogP contribution in [0, 0.1) is 0 Å². The van der Waals surface area contributed by atoms with Gasteiger partial charge >= 0.3 is 0 Å². The fourth-order valence-corrected chi connectivity index (χ4v) is 2.24. The third kappa shape index (κ3) is 3.67. The smallest absolute Gasteiger partial charge is 0.277 e. The van der Waals surface area contributed by atoms with E-state index in [4.69, 9.17) is 16.3 Å². The standard InChI is InChI=1S/C16H14ClN3O3/c17-11-5-7-13(8-6-11)23-10-12(21)9-20-16(22)14-3-1-2-4-15(14)18-19-20/h1-8,12,21H,9-10H2/t12-/m0/s1. The summed E-state index contributed by atoms with van der Waals surface area (Å²) in [6.45, 7) is 0.0346. The van der Waals surface area contributed by atoms with Crippen LogP contribution in [-0.2, 0) is 6.54 Å². The van der Waals surface area contributed by atoms with Crippen molar-refractivity contribution < 1.29 is 9.84 Å². The zero-order valence-corrected chi connectivity index (χ0v) is 12.8. The number of ether oxygens (including phenoxy) is 1. The van der Waals surface area contributed by atoms with Crippen LogP contribution in [0.15, 0.2) is 53.3 Å². The predicted octanol–water partition coefficient (Wildman–Crippen LogP) is 1.88. The van der Waals surface area contributed by atoms with E-state index in [1.165, 1.54) is 0 Å².